The second-order valence-electron chi connectivity index (χ2n) is 4.64. The van der Waals surface area contributed by atoms with Crippen LogP contribution >= 0.6 is 23.1 Å². The highest BCUT2D eigenvalue weighted by atomic mass is 32.2. The minimum atomic E-state index is 0.128. The predicted molar refractivity (Wildman–Crippen MR) is 80.7 cm³/mol. The zero-order valence-corrected chi connectivity index (χ0v) is 12.6. The molecule has 7 heteroatoms. The molecule has 0 spiro atoms. The fourth-order valence-electron chi connectivity index (χ4n) is 2.27. The van der Waals surface area contributed by atoms with Crippen LogP contribution in [0.1, 0.15) is 16.5 Å². The van der Waals surface area contributed by atoms with E-state index in [9.17, 15) is 4.79 Å². The van der Waals surface area contributed by atoms with Crippen LogP contribution in [0.25, 0.3) is 0 Å². The smallest absolute Gasteiger partial charge is 0.244 e. The second-order valence-corrected chi connectivity index (χ2v) is 6.93. The van der Waals surface area contributed by atoms with Crippen molar-refractivity contribution in [3.05, 3.63) is 35.0 Å². The van der Waals surface area contributed by atoms with E-state index in [0.717, 1.165) is 25.3 Å². The molecule has 0 aliphatic carbocycles. The van der Waals surface area contributed by atoms with Crippen molar-refractivity contribution in [1.29, 1.82) is 0 Å². The van der Waals surface area contributed by atoms with Gasteiger partial charge in [-0.2, -0.15) is 16.9 Å². The molecule has 3 rings (SSSR count). The minimum absolute atomic E-state index is 0.128. The quantitative estimate of drug-likeness (QED) is 0.871. The van der Waals surface area contributed by atoms with E-state index in [1.165, 1.54) is 11.2 Å². The van der Waals surface area contributed by atoms with Crippen LogP contribution in [-0.2, 0) is 11.3 Å². The molecular weight excluding hydrogens is 292 g/mol. The van der Waals surface area contributed by atoms with Gasteiger partial charge in [0, 0.05) is 29.0 Å². The van der Waals surface area contributed by atoms with Crippen molar-refractivity contribution in [2.75, 3.05) is 18.8 Å². The Kier molecular flexibility index (Phi) is 4.37. The van der Waals surface area contributed by atoms with E-state index in [1.54, 1.807) is 22.3 Å². The van der Waals surface area contributed by atoms with E-state index in [-0.39, 0.29) is 12.5 Å². The summed E-state index contributed by atoms with van der Waals surface area (Å²) in [6.45, 7) is 1.93. The molecule has 2 aromatic heterocycles. The lowest BCUT2D eigenvalue weighted by atomic mass is 10.2. The lowest BCUT2D eigenvalue weighted by Crippen LogP contribution is -2.35. The van der Waals surface area contributed by atoms with Crippen LogP contribution in [0.2, 0.25) is 0 Å². The van der Waals surface area contributed by atoms with Gasteiger partial charge in [-0.1, -0.05) is 6.07 Å². The Morgan fingerprint density at radius 1 is 1.45 bits per heavy atom. The van der Waals surface area contributed by atoms with Crippen molar-refractivity contribution < 1.29 is 4.79 Å². The van der Waals surface area contributed by atoms with Gasteiger partial charge in [-0.15, -0.1) is 11.3 Å². The van der Waals surface area contributed by atoms with Gasteiger partial charge in [0.25, 0.3) is 0 Å². The maximum atomic E-state index is 12.2. The standard InChI is InChI=1S/C13H16N4OS2/c18-13(8-17-10-14-9-15-17)16-4-3-12(20-7-5-16)11-2-1-6-19-11/h1-2,6,9-10,12H,3-5,7-8H2/t12-/m0/s1. The Labute approximate surface area is 126 Å². The third-order valence-electron chi connectivity index (χ3n) is 3.32. The van der Waals surface area contributed by atoms with Gasteiger partial charge < -0.3 is 4.90 Å². The molecule has 0 bridgehead atoms. The van der Waals surface area contributed by atoms with E-state index >= 15 is 0 Å². The molecule has 1 atom stereocenters. The summed E-state index contributed by atoms with van der Waals surface area (Å²) >= 11 is 3.76. The number of carbonyl (C=O) groups excluding carboxylic acids is 1. The number of thiophene rings is 1. The highest BCUT2D eigenvalue weighted by molar-refractivity contribution is 7.99. The van der Waals surface area contributed by atoms with Gasteiger partial charge >= 0.3 is 0 Å². The van der Waals surface area contributed by atoms with Crippen LogP contribution in [0.15, 0.2) is 30.2 Å². The predicted octanol–water partition coefficient (Wildman–Crippen LogP) is 2.05. The molecule has 20 heavy (non-hydrogen) atoms. The third-order valence-corrected chi connectivity index (χ3v) is 5.76. The molecule has 0 unspecified atom stereocenters. The average molecular weight is 308 g/mol. The first-order valence-electron chi connectivity index (χ1n) is 6.58. The van der Waals surface area contributed by atoms with Gasteiger partial charge in [-0.05, 0) is 17.9 Å². The lowest BCUT2D eigenvalue weighted by molar-refractivity contribution is -0.131. The van der Waals surface area contributed by atoms with Gasteiger partial charge in [-0.25, -0.2) is 9.67 Å². The van der Waals surface area contributed by atoms with Crippen molar-refractivity contribution in [3.63, 3.8) is 0 Å². The van der Waals surface area contributed by atoms with Crippen LogP contribution in [0, 0.1) is 0 Å². The fourth-order valence-corrected chi connectivity index (χ4v) is 4.51. The Morgan fingerprint density at radius 2 is 2.40 bits per heavy atom. The number of thioether (sulfide) groups is 1. The molecular formula is C13H16N4OS2. The van der Waals surface area contributed by atoms with Gasteiger partial charge in [0.2, 0.25) is 5.91 Å². The van der Waals surface area contributed by atoms with Crippen LogP contribution in [0.5, 0.6) is 0 Å². The third kappa shape index (κ3) is 3.21. The number of hydrogen-bond acceptors (Lipinski definition) is 5. The van der Waals surface area contributed by atoms with E-state index in [4.69, 9.17) is 0 Å². The van der Waals surface area contributed by atoms with Crippen LogP contribution in [0.4, 0.5) is 0 Å². The summed E-state index contributed by atoms with van der Waals surface area (Å²) in [5, 5.41) is 6.63. The molecule has 0 N–H and O–H groups in total. The molecule has 0 aromatic carbocycles. The Balaban J connectivity index is 1.58. The molecule has 2 aromatic rings. The largest absolute Gasteiger partial charge is 0.340 e. The zero-order valence-electron chi connectivity index (χ0n) is 11.0. The topological polar surface area (TPSA) is 51.0 Å². The molecule has 5 nitrogen and oxygen atoms in total. The van der Waals surface area contributed by atoms with Gasteiger partial charge in [0.05, 0.1) is 0 Å². The first kappa shape index (κ1) is 13.6. The molecule has 3 heterocycles. The van der Waals surface area contributed by atoms with Crippen LogP contribution in [-0.4, -0.2) is 44.4 Å². The summed E-state index contributed by atoms with van der Waals surface area (Å²) < 4.78 is 1.58. The first-order chi connectivity index (χ1) is 9.83. The van der Waals surface area contributed by atoms with E-state index in [2.05, 4.69) is 27.6 Å². The summed E-state index contributed by atoms with van der Waals surface area (Å²) in [5.41, 5.74) is 0. The van der Waals surface area contributed by atoms with E-state index in [0.29, 0.717) is 5.25 Å². The first-order valence-corrected chi connectivity index (χ1v) is 8.51. The highest BCUT2D eigenvalue weighted by Crippen LogP contribution is 2.36. The Hall–Kier alpha value is -1.34. The monoisotopic (exact) mass is 308 g/mol. The second kappa shape index (κ2) is 6.41. The van der Waals surface area contributed by atoms with E-state index < -0.39 is 0 Å². The summed E-state index contributed by atoms with van der Waals surface area (Å²) in [5.74, 6) is 1.12. The number of amides is 1. The molecule has 0 saturated carbocycles. The Morgan fingerprint density at radius 3 is 3.15 bits per heavy atom. The average Bonchev–Trinajstić information content (AvgIpc) is 3.09. The summed E-state index contributed by atoms with van der Waals surface area (Å²) in [6.07, 6.45) is 4.06. The normalized spacial score (nSPS) is 19.8. The maximum absolute atomic E-state index is 12.2. The van der Waals surface area contributed by atoms with Crippen molar-refractivity contribution in [2.45, 2.75) is 18.2 Å². The fraction of sp³-hybridized carbons (Fsp3) is 0.462. The molecule has 1 amide bonds. The SMILES string of the molecule is O=C(Cn1cncn1)N1CCS[C@H](c2cccs2)CC1. The number of nitrogens with zero attached hydrogens (tertiary/aromatic N) is 4. The molecule has 1 aliphatic rings. The molecule has 0 radical (unpaired) electrons. The van der Waals surface area contributed by atoms with Crippen molar-refractivity contribution in [2.24, 2.45) is 0 Å². The van der Waals surface area contributed by atoms with Crippen LogP contribution in [0.3, 0.4) is 0 Å². The highest BCUT2D eigenvalue weighted by Gasteiger charge is 2.22. The van der Waals surface area contributed by atoms with Crippen LogP contribution < -0.4 is 0 Å². The summed E-state index contributed by atoms with van der Waals surface area (Å²) in [6, 6.07) is 4.29. The lowest BCUT2D eigenvalue weighted by Gasteiger charge is -2.20. The number of rotatable bonds is 3. The molecule has 1 aliphatic heterocycles. The Bertz CT molecular complexity index is 541. The minimum Gasteiger partial charge on any atom is -0.340 e. The van der Waals surface area contributed by atoms with Gasteiger partial charge in [0.1, 0.15) is 19.2 Å². The summed E-state index contributed by atoms with van der Waals surface area (Å²) in [7, 11) is 0. The number of carbonyl (C=O) groups is 1. The van der Waals surface area contributed by atoms with E-state index in [1.807, 2.05) is 16.7 Å². The molecule has 1 fully saturated rings. The molecule has 106 valence electrons. The van der Waals surface area contributed by atoms with Crippen molar-refractivity contribution >= 4 is 29.0 Å². The van der Waals surface area contributed by atoms with Crippen molar-refractivity contribution in [3.8, 4) is 0 Å². The van der Waals surface area contributed by atoms with Gasteiger partial charge in [0.15, 0.2) is 0 Å². The zero-order chi connectivity index (χ0) is 13.8. The molecule has 1 saturated heterocycles. The number of aromatic nitrogens is 3. The summed E-state index contributed by atoms with van der Waals surface area (Å²) in [4.78, 5) is 19.5. The maximum Gasteiger partial charge on any atom is 0.244 e. The number of hydrogen-bond donors (Lipinski definition) is 0. The van der Waals surface area contributed by atoms with Gasteiger partial charge in [-0.3, -0.25) is 4.79 Å². The van der Waals surface area contributed by atoms with Crippen molar-refractivity contribution in [1.82, 2.24) is 19.7 Å².